The predicted molar refractivity (Wildman–Crippen MR) is 97.3 cm³/mol. The van der Waals surface area contributed by atoms with Gasteiger partial charge in [-0.05, 0) is 62.8 Å². The van der Waals surface area contributed by atoms with Crippen LogP contribution < -0.4 is 10.6 Å². The molecule has 25 heavy (non-hydrogen) atoms. The summed E-state index contributed by atoms with van der Waals surface area (Å²) in [5, 5.41) is 5.49. The molecule has 0 spiro atoms. The number of nitrogens with zero attached hydrogens (tertiary/aromatic N) is 1. The number of rotatable bonds is 6. The van der Waals surface area contributed by atoms with Crippen molar-refractivity contribution in [3.63, 3.8) is 0 Å². The van der Waals surface area contributed by atoms with Crippen molar-refractivity contribution in [1.82, 2.24) is 10.2 Å². The Kier molecular flexibility index (Phi) is 5.50. The second-order valence-electron chi connectivity index (χ2n) is 7.51. The fourth-order valence-corrected chi connectivity index (χ4v) is 3.03. The molecule has 6 heteroatoms. The molecule has 6 nitrogen and oxygen atoms in total. The summed E-state index contributed by atoms with van der Waals surface area (Å²) in [4.78, 5) is 38.0. The monoisotopic (exact) mass is 345 g/mol. The van der Waals surface area contributed by atoms with E-state index < -0.39 is 11.6 Å². The summed E-state index contributed by atoms with van der Waals surface area (Å²) in [7, 11) is 0. The maximum atomic E-state index is 12.6. The smallest absolute Gasteiger partial charge is 0.325 e. The minimum atomic E-state index is -0.929. The van der Waals surface area contributed by atoms with Crippen LogP contribution in [0.3, 0.4) is 0 Å². The topological polar surface area (TPSA) is 78.5 Å². The van der Waals surface area contributed by atoms with E-state index in [2.05, 4.69) is 24.5 Å². The van der Waals surface area contributed by atoms with Crippen molar-refractivity contribution in [3.05, 3.63) is 29.3 Å². The van der Waals surface area contributed by atoms with Crippen molar-refractivity contribution in [2.24, 2.45) is 5.92 Å². The fourth-order valence-electron chi connectivity index (χ4n) is 3.03. The maximum Gasteiger partial charge on any atom is 0.325 e. The second-order valence-corrected chi connectivity index (χ2v) is 7.51. The lowest BCUT2D eigenvalue weighted by atomic mass is 9.92. The maximum absolute atomic E-state index is 12.6. The molecule has 0 bridgehead atoms. The predicted octanol–water partition coefficient (Wildman–Crippen LogP) is 2.99. The van der Waals surface area contributed by atoms with Crippen LogP contribution in [0.4, 0.5) is 10.5 Å². The van der Waals surface area contributed by atoms with E-state index in [-0.39, 0.29) is 18.4 Å². The Morgan fingerprint density at radius 2 is 1.80 bits per heavy atom. The van der Waals surface area contributed by atoms with Crippen molar-refractivity contribution < 1.29 is 14.4 Å². The summed E-state index contributed by atoms with van der Waals surface area (Å²) in [6.45, 7) is 9.46. The summed E-state index contributed by atoms with van der Waals surface area (Å²) >= 11 is 0. The molecule has 0 aliphatic carbocycles. The SMILES string of the molecule is Cc1cc(C)cc(NC(=O)CN2C(=O)NC(C)(CCC(C)C)C2=O)c1. The van der Waals surface area contributed by atoms with Gasteiger partial charge < -0.3 is 10.6 Å². The molecule has 1 heterocycles. The average molecular weight is 345 g/mol. The van der Waals surface area contributed by atoms with E-state index in [1.807, 2.05) is 32.0 Å². The number of aryl methyl sites for hydroxylation is 2. The molecule has 1 aliphatic rings. The minimum absolute atomic E-state index is 0.283. The molecule has 1 atom stereocenters. The third-order valence-electron chi connectivity index (χ3n) is 4.37. The molecule has 1 saturated heterocycles. The van der Waals surface area contributed by atoms with Gasteiger partial charge in [-0.15, -0.1) is 0 Å². The van der Waals surface area contributed by atoms with Crippen molar-refractivity contribution in [2.45, 2.75) is 53.0 Å². The van der Waals surface area contributed by atoms with Gasteiger partial charge in [-0.1, -0.05) is 19.9 Å². The van der Waals surface area contributed by atoms with Gasteiger partial charge in [0.25, 0.3) is 5.91 Å². The normalized spacial score (nSPS) is 20.2. The Bertz CT molecular complexity index is 679. The summed E-state index contributed by atoms with van der Waals surface area (Å²) in [5.41, 5.74) is 1.80. The largest absolute Gasteiger partial charge is 0.325 e. The van der Waals surface area contributed by atoms with Gasteiger partial charge in [0.15, 0.2) is 0 Å². The van der Waals surface area contributed by atoms with E-state index >= 15 is 0 Å². The Morgan fingerprint density at radius 1 is 1.20 bits per heavy atom. The quantitative estimate of drug-likeness (QED) is 0.778. The Hall–Kier alpha value is -2.37. The lowest BCUT2D eigenvalue weighted by molar-refractivity contribution is -0.133. The van der Waals surface area contributed by atoms with Crippen LogP contribution in [0.1, 0.15) is 44.7 Å². The first-order valence-corrected chi connectivity index (χ1v) is 8.63. The Balaban J connectivity index is 2.02. The van der Waals surface area contributed by atoms with Crippen molar-refractivity contribution in [1.29, 1.82) is 0 Å². The van der Waals surface area contributed by atoms with Gasteiger partial charge >= 0.3 is 6.03 Å². The van der Waals surface area contributed by atoms with E-state index in [4.69, 9.17) is 0 Å². The first-order valence-electron chi connectivity index (χ1n) is 8.63. The highest BCUT2D eigenvalue weighted by Gasteiger charge is 2.47. The number of hydrogen-bond acceptors (Lipinski definition) is 3. The molecular weight excluding hydrogens is 318 g/mol. The number of benzene rings is 1. The molecule has 1 aromatic rings. The van der Waals surface area contributed by atoms with Crippen LogP contribution in [-0.4, -0.2) is 34.8 Å². The van der Waals surface area contributed by atoms with E-state index in [0.29, 0.717) is 18.0 Å². The number of nitrogens with one attached hydrogen (secondary N) is 2. The number of carbonyl (C=O) groups is 3. The summed E-state index contributed by atoms with van der Waals surface area (Å²) in [6, 6.07) is 5.20. The van der Waals surface area contributed by atoms with Crippen LogP contribution >= 0.6 is 0 Å². The van der Waals surface area contributed by atoms with Gasteiger partial charge in [-0.25, -0.2) is 4.79 Å². The third-order valence-corrected chi connectivity index (χ3v) is 4.37. The van der Waals surface area contributed by atoms with E-state index in [0.717, 1.165) is 22.4 Å². The van der Waals surface area contributed by atoms with Gasteiger partial charge in [0.1, 0.15) is 12.1 Å². The molecule has 2 rings (SSSR count). The van der Waals surface area contributed by atoms with Crippen LogP contribution in [0.15, 0.2) is 18.2 Å². The molecule has 2 N–H and O–H groups in total. The summed E-state index contributed by atoms with van der Waals surface area (Å²) in [6.07, 6.45) is 1.38. The molecule has 136 valence electrons. The first-order chi connectivity index (χ1) is 11.6. The summed E-state index contributed by atoms with van der Waals surface area (Å²) < 4.78 is 0. The third kappa shape index (κ3) is 4.59. The van der Waals surface area contributed by atoms with Gasteiger partial charge in [-0.2, -0.15) is 0 Å². The number of anilines is 1. The van der Waals surface area contributed by atoms with Gasteiger partial charge in [0.05, 0.1) is 0 Å². The molecule has 0 saturated carbocycles. The van der Waals surface area contributed by atoms with E-state index in [9.17, 15) is 14.4 Å². The zero-order chi connectivity index (χ0) is 18.8. The van der Waals surface area contributed by atoms with Crippen LogP contribution in [0, 0.1) is 19.8 Å². The second kappa shape index (κ2) is 7.25. The molecule has 4 amide bonds. The highest BCUT2D eigenvalue weighted by atomic mass is 16.2. The molecule has 1 aromatic carbocycles. The van der Waals surface area contributed by atoms with Crippen LogP contribution in [0.5, 0.6) is 0 Å². The molecule has 0 aromatic heterocycles. The molecule has 1 fully saturated rings. The number of imide groups is 1. The zero-order valence-corrected chi connectivity index (χ0v) is 15.6. The standard InChI is InChI=1S/C19H27N3O3/c1-12(2)6-7-19(5)17(24)22(18(25)21-19)11-16(23)20-15-9-13(3)8-14(4)10-15/h8-10,12H,6-7,11H2,1-5H3,(H,20,23)(H,21,25). The van der Waals surface area contributed by atoms with Crippen molar-refractivity contribution in [2.75, 3.05) is 11.9 Å². The average Bonchev–Trinajstić information content (AvgIpc) is 2.68. The van der Waals surface area contributed by atoms with E-state index in [1.54, 1.807) is 6.92 Å². The Labute approximate surface area is 149 Å². The molecular formula is C19H27N3O3. The van der Waals surface area contributed by atoms with Gasteiger partial charge in [-0.3, -0.25) is 14.5 Å². The van der Waals surface area contributed by atoms with E-state index in [1.165, 1.54) is 0 Å². The van der Waals surface area contributed by atoms with Crippen molar-refractivity contribution >= 4 is 23.5 Å². The number of amides is 4. The van der Waals surface area contributed by atoms with Crippen LogP contribution in [0.2, 0.25) is 0 Å². The summed E-state index contributed by atoms with van der Waals surface area (Å²) in [5.74, 6) is -0.293. The fraction of sp³-hybridized carbons (Fsp3) is 0.526. The zero-order valence-electron chi connectivity index (χ0n) is 15.6. The number of hydrogen-bond donors (Lipinski definition) is 2. The highest BCUT2D eigenvalue weighted by Crippen LogP contribution is 2.24. The molecule has 0 radical (unpaired) electrons. The highest BCUT2D eigenvalue weighted by molar-refractivity contribution is 6.09. The molecule has 1 aliphatic heterocycles. The van der Waals surface area contributed by atoms with Gasteiger partial charge in [0, 0.05) is 5.69 Å². The number of urea groups is 1. The van der Waals surface area contributed by atoms with Crippen LogP contribution in [0.25, 0.3) is 0 Å². The minimum Gasteiger partial charge on any atom is -0.325 e. The molecule has 1 unspecified atom stereocenters. The lowest BCUT2D eigenvalue weighted by Gasteiger charge is -2.22. The number of carbonyl (C=O) groups excluding carboxylic acids is 3. The Morgan fingerprint density at radius 3 is 2.36 bits per heavy atom. The first kappa shape index (κ1) is 19.0. The van der Waals surface area contributed by atoms with Crippen LogP contribution in [-0.2, 0) is 9.59 Å². The van der Waals surface area contributed by atoms with Gasteiger partial charge in [0.2, 0.25) is 5.91 Å². The lowest BCUT2D eigenvalue weighted by Crippen LogP contribution is -2.44. The van der Waals surface area contributed by atoms with Crippen molar-refractivity contribution in [3.8, 4) is 0 Å².